The summed E-state index contributed by atoms with van der Waals surface area (Å²) in [5.41, 5.74) is 0.165. The maximum Gasteiger partial charge on any atom is 0.227 e. The fourth-order valence-corrected chi connectivity index (χ4v) is 3.09. The van der Waals surface area contributed by atoms with Crippen LogP contribution in [0.3, 0.4) is 0 Å². The number of nitrogens with one attached hydrogen (secondary N) is 2. The third-order valence-corrected chi connectivity index (χ3v) is 5.05. The third kappa shape index (κ3) is 3.48. The van der Waals surface area contributed by atoms with Gasteiger partial charge in [0.05, 0.1) is 5.41 Å². The zero-order valence-electron chi connectivity index (χ0n) is 12.4. The number of hydrogen-bond acceptors (Lipinski definition) is 3. The molecule has 4 nitrogen and oxygen atoms in total. The lowest BCUT2D eigenvalue weighted by atomic mass is 9.77. The molecule has 1 heterocycles. The van der Waals surface area contributed by atoms with E-state index < -0.39 is 0 Å². The largest absolute Gasteiger partial charge is 0.385 e. The normalized spacial score (nSPS) is 28.9. The van der Waals surface area contributed by atoms with Gasteiger partial charge in [-0.1, -0.05) is 6.92 Å². The average Bonchev–Trinajstić information content (AvgIpc) is 3.24. The Kier molecular flexibility index (Phi) is 4.85. The zero-order chi connectivity index (χ0) is 13.8. The highest BCUT2D eigenvalue weighted by atomic mass is 16.5. The predicted octanol–water partition coefficient (Wildman–Crippen LogP) is 1.70. The molecule has 2 rings (SSSR count). The van der Waals surface area contributed by atoms with Crippen LogP contribution in [0.15, 0.2) is 0 Å². The lowest BCUT2D eigenvalue weighted by molar-refractivity contribution is -0.132. The Labute approximate surface area is 116 Å². The molecule has 0 aromatic carbocycles. The summed E-state index contributed by atoms with van der Waals surface area (Å²) in [7, 11) is 1.74. The van der Waals surface area contributed by atoms with E-state index in [2.05, 4.69) is 17.6 Å². The Morgan fingerprint density at radius 2 is 2.16 bits per heavy atom. The van der Waals surface area contributed by atoms with Gasteiger partial charge in [0, 0.05) is 26.8 Å². The maximum atomic E-state index is 12.5. The molecule has 2 aliphatic rings. The van der Waals surface area contributed by atoms with Crippen LogP contribution < -0.4 is 10.6 Å². The SMILES string of the molecule is CCC1(C(=O)NCC2(CCOC)CC2)CCCNC1. The van der Waals surface area contributed by atoms with Gasteiger partial charge in [-0.15, -0.1) is 0 Å². The molecule has 110 valence electrons. The fourth-order valence-electron chi connectivity index (χ4n) is 3.09. The van der Waals surface area contributed by atoms with Gasteiger partial charge in [0.25, 0.3) is 0 Å². The molecular formula is C15H28N2O2. The highest BCUT2D eigenvalue weighted by Crippen LogP contribution is 2.48. The minimum Gasteiger partial charge on any atom is -0.385 e. The molecule has 1 amide bonds. The van der Waals surface area contributed by atoms with E-state index in [9.17, 15) is 4.79 Å². The summed E-state index contributed by atoms with van der Waals surface area (Å²) in [4.78, 5) is 12.5. The minimum absolute atomic E-state index is 0.171. The molecule has 1 unspecified atom stereocenters. The van der Waals surface area contributed by atoms with Crippen molar-refractivity contribution in [1.29, 1.82) is 0 Å². The predicted molar refractivity (Wildman–Crippen MR) is 76.0 cm³/mol. The van der Waals surface area contributed by atoms with Crippen molar-refractivity contribution >= 4 is 5.91 Å². The van der Waals surface area contributed by atoms with E-state index in [1.165, 1.54) is 12.8 Å². The van der Waals surface area contributed by atoms with Crippen molar-refractivity contribution in [3.63, 3.8) is 0 Å². The first-order valence-electron chi connectivity index (χ1n) is 7.64. The summed E-state index contributed by atoms with van der Waals surface area (Å²) < 4.78 is 5.16. The van der Waals surface area contributed by atoms with Crippen LogP contribution >= 0.6 is 0 Å². The average molecular weight is 268 g/mol. The van der Waals surface area contributed by atoms with Crippen LogP contribution in [0.25, 0.3) is 0 Å². The monoisotopic (exact) mass is 268 g/mol. The molecule has 0 radical (unpaired) electrons. The summed E-state index contributed by atoms with van der Waals surface area (Å²) in [5.74, 6) is 0.255. The van der Waals surface area contributed by atoms with Crippen molar-refractivity contribution in [2.75, 3.05) is 33.4 Å². The van der Waals surface area contributed by atoms with E-state index in [-0.39, 0.29) is 11.3 Å². The Hall–Kier alpha value is -0.610. The van der Waals surface area contributed by atoms with Crippen molar-refractivity contribution in [3.8, 4) is 0 Å². The van der Waals surface area contributed by atoms with E-state index in [1.54, 1.807) is 7.11 Å². The Morgan fingerprint density at radius 1 is 1.37 bits per heavy atom. The highest BCUT2D eigenvalue weighted by molar-refractivity contribution is 5.83. The van der Waals surface area contributed by atoms with Gasteiger partial charge < -0.3 is 15.4 Å². The van der Waals surface area contributed by atoms with Gasteiger partial charge in [0.15, 0.2) is 0 Å². The van der Waals surface area contributed by atoms with Crippen LogP contribution in [0.2, 0.25) is 0 Å². The van der Waals surface area contributed by atoms with E-state index in [1.807, 2.05) is 0 Å². The molecule has 2 N–H and O–H groups in total. The zero-order valence-corrected chi connectivity index (χ0v) is 12.4. The maximum absolute atomic E-state index is 12.5. The summed E-state index contributed by atoms with van der Waals surface area (Å²) in [6.07, 6.45) is 6.59. The molecule has 0 spiro atoms. The number of methoxy groups -OCH3 is 1. The summed E-state index contributed by atoms with van der Waals surface area (Å²) >= 11 is 0. The Balaban J connectivity index is 1.83. The summed E-state index contributed by atoms with van der Waals surface area (Å²) in [6, 6.07) is 0. The van der Waals surface area contributed by atoms with Gasteiger partial charge in [-0.05, 0) is 50.5 Å². The standard InChI is InChI=1S/C15H28N2O2/c1-3-15(5-4-9-16-12-15)13(18)17-11-14(6-7-14)8-10-19-2/h16H,3-12H2,1-2H3,(H,17,18). The van der Waals surface area contributed by atoms with Gasteiger partial charge >= 0.3 is 0 Å². The van der Waals surface area contributed by atoms with Gasteiger partial charge in [0.2, 0.25) is 5.91 Å². The van der Waals surface area contributed by atoms with Crippen molar-refractivity contribution in [2.24, 2.45) is 10.8 Å². The molecule has 0 aromatic rings. The smallest absolute Gasteiger partial charge is 0.227 e. The van der Waals surface area contributed by atoms with Crippen LogP contribution in [0.4, 0.5) is 0 Å². The highest BCUT2D eigenvalue weighted by Gasteiger charge is 2.44. The van der Waals surface area contributed by atoms with Crippen molar-refractivity contribution in [1.82, 2.24) is 10.6 Å². The number of ether oxygens (including phenoxy) is 1. The topological polar surface area (TPSA) is 50.4 Å². The number of carbonyl (C=O) groups is 1. The fraction of sp³-hybridized carbons (Fsp3) is 0.933. The number of hydrogen-bond donors (Lipinski definition) is 2. The van der Waals surface area contributed by atoms with Crippen LogP contribution in [-0.4, -0.2) is 39.3 Å². The summed E-state index contributed by atoms with van der Waals surface area (Å²) in [5, 5.41) is 6.60. The van der Waals surface area contributed by atoms with Crippen molar-refractivity contribution in [3.05, 3.63) is 0 Å². The second-order valence-electron chi connectivity index (χ2n) is 6.34. The molecule has 19 heavy (non-hydrogen) atoms. The molecule has 0 aromatic heterocycles. The first kappa shape index (κ1) is 14.8. The number of piperidine rings is 1. The third-order valence-electron chi connectivity index (χ3n) is 5.05. The summed E-state index contributed by atoms with van der Waals surface area (Å²) in [6.45, 7) is 5.64. The molecule has 1 saturated carbocycles. The van der Waals surface area contributed by atoms with E-state index >= 15 is 0 Å². The van der Waals surface area contributed by atoms with Gasteiger partial charge in [-0.25, -0.2) is 0 Å². The molecule has 4 heteroatoms. The number of amides is 1. The molecule has 0 bridgehead atoms. The molecule has 1 atom stereocenters. The van der Waals surface area contributed by atoms with E-state index in [4.69, 9.17) is 4.74 Å². The van der Waals surface area contributed by atoms with E-state index in [0.29, 0.717) is 5.41 Å². The van der Waals surface area contributed by atoms with Gasteiger partial charge in [0.1, 0.15) is 0 Å². The second-order valence-corrected chi connectivity index (χ2v) is 6.34. The molecule has 1 aliphatic carbocycles. The van der Waals surface area contributed by atoms with Crippen LogP contribution in [-0.2, 0) is 9.53 Å². The number of rotatable bonds is 7. The second kappa shape index (κ2) is 6.23. The van der Waals surface area contributed by atoms with Crippen molar-refractivity contribution < 1.29 is 9.53 Å². The lowest BCUT2D eigenvalue weighted by Crippen LogP contribution is -2.51. The molecule has 1 aliphatic heterocycles. The Morgan fingerprint density at radius 3 is 2.68 bits per heavy atom. The molecule has 1 saturated heterocycles. The van der Waals surface area contributed by atoms with Crippen molar-refractivity contribution in [2.45, 2.75) is 45.4 Å². The first-order chi connectivity index (χ1) is 9.16. The Bertz CT molecular complexity index is 307. The minimum atomic E-state index is -0.171. The lowest BCUT2D eigenvalue weighted by Gasteiger charge is -2.36. The van der Waals surface area contributed by atoms with E-state index in [0.717, 1.165) is 51.9 Å². The van der Waals surface area contributed by atoms with Crippen LogP contribution in [0.1, 0.15) is 45.4 Å². The van der Waals surface area contributed by atoms with Crippen LogP contribution in [0.5, 0.6) is 0 Å². The van der Waals surface area contributed by atoms with Gasteiger partial charge in [-0.3, -0.25) is 4.79 Å². The molecule has 2 fully saturated rings. The number of carbonyl (C=O) groups excluding carboxylic acids is 1. The van der Waals surface area contributed by atoms with Crippen LogP contribution in [0, 0.1) is 10.8 Å². The first-order valence-corrected chi connectivity index (χ1v) is 7.64. The molecular weight excluding hydrogens is 240 g/mol. The quantitative estimate of drug-likeness (QED) is 0.739. The van der Waals surface area contributed by atoms with Gasteiger partial charge in [-0.2, -0.15) is 0 Å².